The number of carbonyl (C=O) groups is 1. The molecule has 1 aliphatic rings. The Morgan fingerprint density at radius 2 is 2.31 bits per heavy atom. The molecule has 0 fully saturated rings. The van der Waals surface area contributed by atoms with Gasteiger partial charge < -0.3 is 15.2 Å². The van der Waals surface area contributed by atoms with Gasteiger partial charge in [-0.1, -0.05) is 6.07 Å². The van der Waals surface area contributed by atoms with Gasteiger partial charge in [0, 0.05) is 6.54 Å². The number of rotatable bonds is 0. The molecule has 0 radical (unpaired) electrons. The third kappa shape index (κ3) is 1.42. The van der Waals surface area contributed by atoms with Gasteiger partial charge in [0.05, 0.1) is 12.1 Å². The number of esters is 1. The fourth-order valence-electron chi connectivity index (χ4n) is 1.24. The van der Waals surface area contributed by atoms with Gasteiger partial charge in [-0.15, -0.1) is 0 Å². The largest absolute Gasteiger partial charge is 0.504 e. The van der Waals surface area contributed by atoms with Crippen molar-refractivity contribution in [3.63, 3.8) is 0 Å². The maximum Gasteiger partial charge on any atom is 0.313 e. The van der Waals surface area contributed by atoms with Crippen LogP contribution in [0.2, 0.25) is 0 Å². The molecule has 0 aromatic heterocycles. The van der Waals surface area contributed by atoms with Crippen LogP contribution < -0.4 is 10.1 Å². The first kappa shape index (κ1) is 7.91. The highest BCUT2D eigenvalue weighted by Crippen LogP contribution is 2.35. The molecule has 4 nitrogen and oxygen atoms in total. The van der Waals surface area contributed by atoms with Crippen LogP contribution in [0, 0.1) is 0 Å². The smallest absolute Gasteiger partial charge is 0.313 e. The Bertz CT molecular complexity index is 349. The molecule has 0 atom stereocenters. The van der Waals surface area contributed by atoms with Crippen LogP contribution in [0.25, 0.3) is 0 Å². The molecule has 1 heterocycles. The van der Waals surface area contributed by atoms with E-state index in [4.69, 9.17) is 4.74 Å². The number of carbonyl (C=O) groups excluding carboxylic acids is 1. The predicted molar refractivity (Wildman–Crippen MR) is 46.8 cm³/mol. The molecule has 0 unspecified atom stereocenters. The number of anilines is 1. The zero-order chi connectivity index (χ0) is 9.26. The number of phenolic OH excluding ortho intramolecular Hbond substituents is 1. The van der Waals surface area contributed by atoms with Gasteiger partial charge >= 0.3 is 5.97 Å². The lowest BCUT2D eigenvalue weighted by Crippen LogP contribution is -2.08. The topological polar surface area (TPSA) is 58.6 Å². The number of hydrogen-bond donors (Lipinski definition) is 2. The predicted octanol–water partition coefficient (Wildman–Crippen LogP) is 1.11. The van der Waals surface area contributed by atoms with Gasteiger partial charge in [0.15, 0.2) is 11.5 Å². The Morgan fingerprint density at radius 1 is 1.46 bits per heavy atom. The quantitative estimate of drug-likeness (QED) is 0.462. The Hall–Kier alpha value is -1.71. The molecule has 2 rings (SSSR count). The molecule has 0 saturated carbocycles. The van der Waals surface area contributed by atoms with Crippen LogP contribution in [0.5, 0.6) is 11.5 Å². The molecule has 1 aromatic rings. The lowest BCUT2D eigenvalue weighted by molar-refractivity contribution is -0.133. The van der Waals surface area contributed by atoms with Crippen molar-refractivity contribution in [2.24, 2.45) is 0 Å². The fraction of sp³-hybridized carbons (Fsp3) is 0.222. The van der Waals surface area contributed by atoms with Crippen molar-refractivity contribution in [2.75, 3.05) is 11.9 Å². The van der Waals surface area contributed by atoms with Crippen LogP contribution in [0.15, 0.2) is 18.2 Å². The van der Waals surface area contributed by atoms with E-state index in [0.29, 0.717) is 18.7 Å². The molecule has 1 aliphatic heterocycles. The molecular weight excluding hydrogens is 170 g/mol. The molecule has 2 N–H and O–H groups in total. The van der Waals surface area contributed by atoms with Crippen molar-refractivity contribution in [1.29, 1.82) is 0 Å². The average Bonchev–Trinajstić information content (AvgIpc) is 2.28. The summed E-state index contributed by atoms with van der Waals surface area (Å²) >= 11 is 0. The number of phenols is 1. The Balaban J connectivity index is 2.46. The van der Waals surface area contributed by atoms with Crippen molar-refractivity contribution in [3.8, 4) is 11.5 Å². The van der Waals surface area contributed by atoms with E-state index >= 15 is 0 Å². The van der Waals surface area contributed by atoms with E-state index in [2.05, 4.69) is 5.32 Å². The van der Waals surface area contributed by atoms with Crippen molar-refractivity contribution in [1.82, 2.24) is 0 Å². The molecule has 13 heavy (non-hydrogen) atoms. The van der Waals surface area contributed by atoms with Gasteiger partial charge in [-0.2, -0.15) is 0 Å². The number of fused-ring (bicyclic) bond motifs is 1. The van der Waals surface area contributed by atoms with Crippen molar-refractivity contribution in [3.05, 3.63) is 18.2 Å². The first-order chi connectivity index (χ1) is 6.27. The highest BCUT2D eigenvalue weighted by atomic mass is 16.5. The van der Waals surface area contributed by atoms with Crippen LogP contribution in [-0.4, -0.2) is 17.6 Å². The van der Waals surface area contributed by atoms with Gasteiger partial charge in [-0.25, -0.2) is 0 Å². The minimum absolute atomic E-state index is 0.0137. The second-order valence-corrected chi connectivity index (χ2v) is 2.80. The lowest BCUT2D eigenvalue weighted by atomic mass is 10.2. The molecule has 0 saturated heterocycles. The molecule has 0 aliphatic carbocycles. The molecule has 1 aromatic carbocycles. The summed E-state index contributed by atoms with van der Waals surface area (Å²) in [6.07, 6.45) is 0.314. The van der Waals surface area contributed by atoms with Gasteiger partial charge in [0.1, 0.15) is 0 Å². The molecule has 4 heteroatoms. The van der Waals surface area contributed by atoms with Crippen LogP contribution >= 0.6 is 0 Å². The van der Waals surface area contributed by atoms with Crippen LogP contribution in [0.4, 0.5) is 5.69 Å². The first-order valence-electron chi connectivity index (χ1n) is 4.04. The summed E-state index contributed by atoms with van der Waals surface area (Å²) in [7, 11) is 0. The zero-order valence-electron chi connectivity index (χ0n) is 6.91. The fourth-order valence-corrected chi connectivity index (χ4v) is 1.24. The van der Waals surface area contributed by atoms with Gasteiger partial charge in [0.2, 0.25) is 0 Å². The summed E-state index contributed by atoms with van der Waals surface area (Å²) in [5, 5.41) is 12.4. The minimum Gasteiger partial charge on any atom is -0.504 e. The number of hydrogen-bond acceptors (Lipinski definition) is 4. The Labute approximate surface area is 75.1 Å². The monoisotopic (exact) mass is 179 g/mol. The molecule has 68 valence electrons. The molecule has 0 spiro atoms. The maximum atomic E-state index is 11.0. The number of benzene rings is 1. The molecule has 0 amide bonds. The third-order valence-electron chi connectivity index (χ3n) is 1.85. The SMILES string of the molecule is O=C1CCNc2cccc(O)c2O1. The summed E-state index contributed by atoms with van der Waals surface area (Å²) in [6, 6.07) is 4.94. The Morgan fingerprint density at radius 3 is 3.15 bits per heavy atom. The summed E-state index contributed by atoms with van der Waals surface area (Å²) in [5.74, 6) is -0.113. The highest BCUT2D eigenvalue weighted by Gasteiger charge is 2.16. The summed E-state index contributed by atoms with van der Waals surface area (Å²) in [4.78, 5) is 11.0. The van der Waals surface area contributed by atoms with E-state index in [0.717, 1.165) is 0 Å². The van der Waals surface area contributed by atoms with E-state index in [1.807, 2.05) is 0 Å². The minimum atomic E-state index is -0.326. The van der Waals surface area contributed by atoms with E-state index in [9.17, 15) is 9.90 Å². The van der Waals surface area contributed by atoms with E-state index < -0.39 is 0 Å². The van der Waals surface area contributed by atoms with Crippen molar-refractivity contribution >= 4 is 11.7 Å². The Kier molecular flexibility index (Phi) is 1.81. The van der Waals surface area contributed by atoms with E-state index in [1.54, 1.807) is 12.1 Å². The molecule has 0 bridgehead atoms. The second-order valence-electron chi connectivity index (χ2n) is 2.80. The van der Waals surface area contributed by atoms with Crippen LogP contribution in [0.3, 0.4) is 0 Å². The standard InChI is InChI=1S/C9H9NO3/c11-7-3-1-2-6-9(7)13-8(12)4-5-10-6/h1-3,10-11H,4-5H2. The van der Waals surface area contributed by atoms with Gasteiger partial charge in [-0.05, 0) is 12.1 Å². The summed E-state index contributed by atoms with van der Waals surface area (Å²) in [5.41, 5.74) is 0.658. The van der Waals surface area contributed by atoms with Crippen LogP contribution in [-0.2, 0) is 4.79 Å². The van der Waals surface area contributed by atoms with Gasteiger partial charge in [0.25, 0.3) is 0 Å². The van der Waals surface area contributed by atoms with Crippen molar-refractivity contribution in [2.45, 2.75) is 6.42 Å². The van der Waals surface area contributed by atoms with Crippen molar-refractivity contribution < 1.29 is 14.6 Å². The number of nitrogens with one attached hydrogen (secondary N) is 1. The number of ether oxygens (including phenoxy) is 1. The normalized spacial score (nSPS) is 15.2. The number of aromatic hydroxyl groups is 1. The highest BCUT2D eigenvalue weighted by molar-refractivity contribution is 5.79. The molecular formula is C9H9NO3. The average molecular weight is 179 g/mol. The van der Waals surface area contributed by atoms with Gasteiger partial charge in [-0.3, -0.25) is 4.79 Å². The second kappa shape index (κ2) is 2.97. The van der Waals surface area contributed by atoms with E-state index in [-0.39, 0.29) is 17.5 Å². The lowest BCUT2D eigenvalue weighted by Gasteiger charge is -2.06. The number of para-hydroxylation sites is 1. The van der Waals surface area contributed by atoms with Crippen LogP contribution in [0.1, 0.15) is 6.42 Å². The zero-order valence-corrected chi connectivity index (χ0v) is 6.91. The summed E-state index contributed by atoms with van der Waals surface area (Å²) < 4.78 is 4.94. The maximum absolute atomic E-state index is 11.0. The third-order valence-corrected chi connectivity index (χ3v) is 1.85. The summed E-state index contributed by atoms with van der Waals surface area (Å²) in [6.45, 7) is 0.537. The first-order valence-corrected chi connectivity index (χ1v) is 4.04. The van der Waals surface area contributed by atoms with E-state index in [1.165, 1.54) is 6.07 Å².